The highest BCUT2D eigenvalue weighted by Crippen LogP contribution is 2.33. The van der Waals surface area contributed by atoms with Crippen LogP contribution in [0.25, 0.3) is 11.1 Å². The normalized spacial score (nSPS) is 15.6. The van der Waals surface area contributed by atoms with Gasteiger partial charge in [0.25, 0.3) is 5.95 Å². The molecule has 2 aromatic carbocycles. The van der Waals surface area contributed by atoms with E-state index in [-0.39, 0.29) is 5.82 Å². The van der Waals surface area contributed by atoms with Crippen molar-refractivity contribution in [1.82, 2.24) is 29.5 Å². The molecule has 1 saturated heterocycles. The average molecular weight is 493 g/mol. The number of aliphatic imine (C=N–C) groups is 1. The van der Waals surface area contributed by atoms with Crippen LogP contribution in [0.4, 0.5) is 10.3 Å². The Kier molecular flexibility index (Phi) is 7.70. The zero-order valence-corrected chi connectivity index (χ0v) is 21.9. The van der Waals surface area contributed by atoms with Crippen molar-refractivity contribution in [3.8, 4) is 11.1 Å². The van der Waals surface area contributed by atoms with E-state index in [4.69, 9.17) is 5.73 Å². The molecule has 0 saturated carbocycles. The predicted molar refractivity (Wildman–Crippen MR) is 143 cm³/mol. The van der Waals surface area contributed by atoms with Crippen LogP contribution in [0.3, 0.4) is 0 Å². The Hall–Kier alpha value is -3.30. The number of hydrogen-bond acceptors (Lipinski definition) is 5. The van der Waals surface area contributed by atoms with Gasteiger partial charge in [0.1, 0.15) is 5.82 Å². The number of aromatic nitrogens is 3. The number of rotatable bonds is 7. The summed E-state index contributed by atoms with van der Waals surface area (Å²) in [6, 6.07) is 14.9. The van der Waals surface area contributed by atoms with Gasteiger partial charge in [-0.2, -0.15) is 15.1 Å². The summed E-state index contributed by atoms with van der Waals surface area (Å²) < 4.78 is 16.7. The second kappa shape index (κ2) is 10.8. The van der Waals surface area contributed by atoms with Gasteiger partial charge in [-0.3, -0.25) is 4.90 Å². The van der Waals surface area contributed by atoms with Gasteiger partial charge in [-0.15, -0.1) is 0 Å². The van der Waals surface area contributed by atoms with Gasteiger partial charge in [-0.1, -0.05) is 42.5 Å². The second-order valence-electron chi connectivity index (χ2n) is 10.1. The Morgan fingerprint density at radius 1 is 1.08 bits per heavy atom. The largest absolute Gasteiger partial charge is 0.369 e. The van der Waals surface area contributed by atoms with Crippen molar-refractivity contribution in [2.75, 3.05) is 53.4 Å². The standard InChI is InChI=1S/C27H37FN8/c1-27(2,21-11-12-22(23(28)19-21)20-9-7-6-8-10-20)24-30-26(34(5)32-24)31-25(29)36-17-15-35(16-18-36)14-13-33(3)4/h6-12,19H,13-18H2,1-5H3,(H2,29,30,31,32). The van der Waals surface area contributed by atoms with E-state index in [0.717, 1.165) is 50.4 Å². The molecule has 9 heteroatoms. The lowest BCUT2D eigenvalue weighted by Crippen LogP contribution is -2.52. The summed E-state index contributed by atoms with van der Waals surface area (Å²) in [5, 5.41) is 4.61. The number of aryl methyl sites for hydroxylation is 1. The van der Waals surface area contributed by atoms with Crippen molar-refractivity contribution in [3.05, 3.63) is 65.7 Å². The Balaban J connectivity index is 1.48. The number of likely N-dealkylation sites (N-methyl/N-ethyl adjacent to an activating group) is 1. The summed E-state index contributed by atoms with van der Waals surface area (Å²) in [5.41, 5.74) is 7.96. The van der Waals surface area contributed by atoms with Crippen LogP contribution in [-0.2, 0) is 12.5 Å². The molecule has 0 spiro atoms. The summed E-state index contributed by atoms with van der Waals surface area (Å²) in [4.78, 5) is 16.0. The molecule has 1 aromatic heterocycles. The summed E-state index contributed by atoms with van der Waals surface area (Å²) >= 11 is 0. The molecule has 0 atom stereocenters. The fourth-order valence-electron chi connectivity index (χ4n) is 4.34. The van der Waals surface area contributed by atoms with Crippen molar-refractivity contribution in [3.63, 3.8) is 0 Å². The number of piperazine rings is 1. The maximum absolute atomic E-state index is 15.1. The Morgan fingerprint density at radius 3 is 2.42 bits per heavy atom. The van der Waals surface area contributed by atoms with E-state index in [2.05, 4.69) is 43.9 Å². The van der Waals surface area contributed by atoms with Crippen molar-refractivity contribution >= 4 is 11.9 Å². The van der Waals surface area contributed by atoms with E-state index in [1.54, 1.807) is 17.8 Å². The minimum atomic E-state index is -0.617. The number of guanidine groups is 1. The van der Waals surface area contributed by atoms with Gasteiger partial charge in [-0.25, -0.2) is 9.07 Å². The van der Waals surface area contributed by atoms with Crippen LogP contribution < -0.4 is 5.73 Å². The summed E-state index contributed by atoms with van der Waals surface area (Å²) in [6.07, 6.45) is 0. The first-order chi connectivity index (χ1) is 17.1. The first-order valence-electron chi connectivity index (χ1n) is 12.4. The van der Waals surface area contributed by atoms with Crippen LogP contribution in [0, 0.1) is 5.82 Å². The van der Waals surface area contributed by atoms with Gasteiger partial charge in [0.15, 0.2) is 11.8 Å². The highest BCUT2D eigenvalue weighted by molar-refractivity contribution is 5.80. The molecular weight excluding hydrogens is 455 g/mol. The zero-order valence-electron chi connectivity index (χ0n) is 21.9. The van der Waals surface area contributed by atoms with Crippen LogP contribution in [-0.4, -0.2) is 88.8 Å². The van der Waals surface area contributed by atoms with Crippen LogP contribution in [0.5, 0.6) is 0 Å². The molecule has 2 heterocycles. The third kappa shape index (κ3) is 5.74. The van der Waals surface area contributed by atoms with E-state index in [1.165, 1.54) is 0 Å². The van der Waals surface area contributed by atoms with E-state index >= 15 is 4.39 Å². The molecule has 0 radical (unpaired) electrons. The van der Waals surface area contributed by atoms with Gasteiger partial charge in [-0.05, 0) is 45.1 Å². The first kappa shape index (κ1) is 25.8. The quantitative estimate of drug-likeness (QED) is 0.403. The lowest BCUT2D eigenvalue weighted by atomic mass is 9.83. The Morgan fingerprint density at radius 2 is 1.78 bits per heavy atom. The van der Waals surface area contributed by atoms with Crippen molar-refractivity contribution in [2.24, 2.45) is 17.8 Å². The van der Waals surface area contributed by atoms with Crippen molar-refractivity contribution < 1.29 is 4.39 Å². The lowest BCUT2D eigenvalue weighted by Gasteiger charge is -2.35. The molecule has 0 amide bonds. The minimum Gasteiger partial charge on any atom is -0.369 e. The average Bonchev–Trinajstić information content (AvgIpc) is 3.24. The van der Waals surface area contributed by atoms with Crippen LogP contribution in [0.1, 0.15) is 25.2 Å². The van der Waals surface area contributed by atoms with Crippen LogP contribution in [0.15, 0.2) is 53.5 Å². The van der Waals surface area contributed by atoms with Crippen LogP contribution >= 0.6 is 0 Å². The molecule has 1 aliphatic rings. The molecule has 0 bridgehead atoms. The molecule has 36 heavy (non-hydrogen) atoms. The van der Waals surface area contributed by atoms with Crippen molar-refractivity contribution in [1.29, 1.82) is 0 Å². The van der Waals surface area contributed by atoms with Gasteiger partial charge in [0, 0.05) is 51.9 Å². The van der Waals surface area contributed by atoms with Crippen LogP contribution in [0.2, 0.25) is 0 Å². The predicted octanol–water partition coefficient (Wildman–Crippen LogP) is 3.07. The summed E-state index contributed by atoms with van der Waals surface area (Å²) in [6.45, 7) is 9.62. The molecule has 8 nitrogen and oxygen atoms in total. The number of nitrogens with zero attached hydrogens (tertiary/aromatic N) is 7. The number of nitrogens with two attached hydrogens (primary N) is 1. The maximum atomic E-state index is 15.1. The summed E-state index contributed by atoms with van der Waals surface area (Å²) in [5.74, 6) is 1.18. The topological polar surface area (TPSA) is 78.8 Å². The van der Waals surface area contributed by atoms with Gasteiger partial charge >= 0.3 is 0 Å². The molecule has 1 fully saturated rings. The fraction of sp³-hybridized carbons (Fsp3) is 0.444. The van der Waals surface area contributed by atoms with E-state index in [1.807, 2.05) is 56.3 Å². The Labute approximate surface area is 213 Å². The molecule has 4 rings (SSSR count). The minimum absolute atomic E-state index is 0.269. The highest BCUT2D eigenvalue weighted by Gasteiger charge is 2.30. The van der Waals surface area contributed by atoms with Gasteiger partial charge < -0.3 is 15.5 Å². The molecule has 192 valence electrons. The molecule has 1 aliphatic heterocycles. The molecule has 0 unspecified atom stereocenters. The zero-order chi connectivity index (χ0) is 25.9. The maximum Gasteiger partial charge on any atom is 0.251 e. The molecule has 2 N–H and O–H groups in total. The lowest BCUT2D eigenvalue weighted by molar-refractivity contribution is 0.168. The molecular formula is C27H37FN8. The van der Waals surface area contributed by atoms with Crippen molar-refractivity contribution in [2.45, 2.75) is 19.3 Å². The third-order valence-corrected chi connectivity index (χ3v) is 6.85. The Bertz CT molecular complexity index is 1190. The number of hydrogen-bond donors (Lipinski definition) is 1. The second-order valence-corrected chi connectivity index (χ2v) is 10.1. The number of benzene rings is 2. The number of halogens is 1. The van der Waals surface area contributed by atoms with E-state index in [0.29, 0.717) is 23.3 Å². The summed E-state index contributed by atoms with van der Waals surface area (Å²) in [7, 11) is 5.98. The van der Waals surface area contributed by atoms with Gasteiger partial charge in [0.05, 0.1) is 5.41 Å². The van der Waals surface area contributed by atoms with Gasteiger partial charge in [0.2, 0.25) is 0 Å². The van der Waals surface area contributed by atoms with E-state index < -0.39 is 5.41 Å². The molecule has 0 aliphatic carbocycles. The SMILES string of the molecule is CN(C)CCN1CCN(/C(N)=N/c2nc(C(C)(C)c3ccc(-c4ccccc4)c(F)c3)nn2C)CC1. The van der Waals surface area contributed by atoms with E-state index in [9.17, 15) is 0 Å². The smallest absolute Gasteiger partial charge is 0.251 e. The third-order valence-electron chi connectivity index (χ3n) is 6.85. The molecule has 3 aromatic rings. The highest BCUT2D eigenvalue weighted by atomic mass is 19.1. The monoisotopic (exact) mass is 492 g/mol. The fourth-order valence-corrected chi connectivity index (χ4v) is 4.34. The first-order valence-corrected chi connectivity index (χ1v) is 12.4.